The number of carbonyl (C=O) groups excluding carboxylic acids is 3. The van der Waals surface area contributed by atoms with Crippen LogP contribution in [0.3, 0.4) is 0 Å². The molecule has 1 atom stereocenters. The fourth-order valence-corrected chi connectivity index (χ4v) is 8.48. The molecule has 0 heterocycles. The molecule has 0 bridgehead atoms. The molecule has 0 spiro atoms. The first-order chi connectivity index (χ1) is 35.5. The molecule has 1 unspecified atom stereocenters. The Morgan fingerprint density at radius 3 is 0.903 bits per heavy atom. The minimum atomic E-state index is -0.799. The molecule has 0 saturated carbocycles. The summed E-state index contributed by atoms with van der Waals surface area (Å²) in [7, 11) is 0. The summed E-state index contributed by atoms with van der Waals surface area (Å²) in [5.74, 6) is -0.934. The number of hydrogen-bond acceptors (Lipinski definition) is 6. The van der Waals surface area contributed by atoms with Crippen LogP contribution in [-0.4, -0.2) is 37.2 Å². The molecule has 0 aliphatic carbocycles. The van der Waals surface area contributed by atoms with Crippen LogP contribution in [0.25, 0.3) is 0 Å². The monoisotopic (exact) mass is 1000 g/mol. The molecular weight excluding hydrogens is 889 g/mol. The van der Waals surface area contributed by atoms with Crippen molar-refractivity contribution in [2.45, 2.75) is 290 Å². The van der Waals surface area contributed by atoms with Crippen molar-refractivity contribution >= 4 is 17.9 Å². The summed E-state index contributed by atoms with van der Waals surface area (Å²) in [6.07, 6.45) is 79.7. The molecule has 6 nitrogen and oxygen atoms in total. The summed E-state index contributed by atoms with van der Waals surface area (Å²) < 4.78 is 16.9. The van der Waals surface area contributed by atoms with Crippen molar-refractivity contribution in [2.24, 2.45) is 0 Å². The highest BCUT2D eigenvalue weighted by Crippen LogP contribution is 2.16. The Balaban J connectivity index is 4.48. The number of hydrogen-bond donors (Lipinski definition) is 0. The van der Waals surface area contributed by atoms with E-state index in [1.807, 2.05) is 66.8 Å². The summed E-state index contributed by atoms with van der Waals surface area (Å²) >= 11 is 0. The van der Waals surface area contributed by atoms with Gasteiger partial charge in [0.1, 0.15) is 13.2 Å². The second kappa shape index (κ2) is 59.9. The van der Waals surface area contributed by atoms with Crippen LogP contribution in [0.2, 0.25) is 0 Å². The van der Waals surface area contributed by atoms with Crippen molar-refractivity contribution in [1.82, 2.24) is 0 Å². The molecule has 0 aromatic rings. The van der Waals surface area contributed by atoms with Gasteiger partial charge in [-0.05, 0) is 64.2 Å². The standard InChI is InChI=1S/C66H112O6/c1-4-7-10-13-16-19-22-25-28-31-33-35-38-41-44-47-50-53-56-59-65(68)71-62-63(61-70-64(67)58-55-52-49-46-43-40-37-30-27-24-21-18-15-12-9-6-3)72-66(69)60-57-54-51-48-45-42-39-36-34-32-29-26-23-20-17-14-11-8-5-2/h7,10,13,16,19,22,25,28,31-35,38,41,44,63H,4-6,8-9,11-12,14-15,17-18,20-21,23-24,26-27,29-30,36-37,39-40,42-43,45-62H2,1-3H3/b10-7-,16-13-,22-19-,28-25-,33-31+,34-32-,38-35-,44-41-. The molecule has 0 aromatic heterocycles. The van der Waals surface area contributed by atoms with Crippen LogP contribution >= 0.6 is 0 Å². The van der Waals surface area contributed by atoms with Gasteiger partial charge in [-0.25, -0.2) is 0 Å². The Morgan fingerprint density at radius 1 is 0.292 bits per heavy atom. The predicted molar refractivity (Wildman–Crippen MR) is 311 cm³/mol. The van der Waals surface area contributed by atoms with Gasteiger partial charge in [0.05, 0.1) is 0 Å². The van der Waals surface area contributed by atoms with E-state index in [-0.39, 0.29) is 31.1 Å². The summed E-state index contributed by atoms with van der Waals surface area (Å²) in [5, 5.41) is 0. The van der Waals surface area contributed by atoms with Crippen LogP contribution in [0, 0.1) is 0 Å². The van der Waals surface area contributed by atoms with E-state index < -0.39 is 6.10 Å². The minimum Gasteiger partial charge on any atom is -0.462 e. The van der Waals surface area contributed by atoms with Gasteiger partial charge in [-0.3, -0.25) is 14.4 Å². The van der Waals surface area contributed by atoms with Crippen LogP contribution < -0.4 is 0 Å². The number of esters is 3. The summed E-state index contributed by atoms with van der Waals surface area (Å²) in [6, 6.07) is 0. The first kappa shape index (κ1) is 68.3. The Bertz CT molecular complexity index is 1430. The second-order valence-corrected chi connectivity index (χ2v) is 20.1. The Kier molecular flexibility index (Phi) is 56.8. The zero-order chi connectivity index (χ0) is 52.2. The summed E-state index contributed by atoms with van der Waals surface area (Å²) in [4.78, 5) is 38.3. The van der Waals surface area contributed by atoms with E-state index in [0.29, 0.717) is 19.3 Å². The summed E-state index contributed by atoms with van der Waals surface area (Å²) in [5.41, 5.74) is 0. The van der Waals surface area contributed by atoms with Gasteiger partial charge in [-0.2, -0.15) is 0 Å². The second-order valence-electron chi connectivity index (χ2n) is 20.1. The van der Waals surface area contributed by atoms with Crippen molar-refractivity contribution in [2.75, 3.05) is 13.2 Å². The zero-order valence-corrected chi connectivity index (χ0v) is 47.2. The summed E-state index contributed by atoms with van der Waals surface area (Å²) in [6.45, 7) is 6.48. The predicted octanol–water partition coefficient (Wildman–Crippen LogP) is 20.5. The molecule has 0 aromatic carbocycles. The maximum Gasteiger partial charge on any atom is 0.306 e. The Morgan fingerprint density at radius 2 is 0.556 bits per heavy atom. The number of rotatable bonds is 54. The maximum absolute atomic E-state index is 12.9. The van der Waals surface area contributed by atoms with E-state index in [9.17, 15) is 14.4 Å². The van der Waals surface area contributed by atoms with Gasteiger partial charge in [0.25, 0.3) is 0 Å². The molecule has 0 saturated heterocycles. The molecule has 0 rings (SSSR count). The Labute approximate surface area is 445 Å². The third-order valence-corrected chi connectivity index (χ3v) is 13.0. The van der Waals surface area contributed by atoms with Crippen LogP contribution in [0.1, 0.15) is 284 Å². The topological polar surface area (TPSA) is 78.9 Å². The SMILES string of the molecule is CC\C=C/C=C\C=C/C=C\C=C\C=C/C=C\CCCCCC(=O)OCC(COC(=O)CCCCCCCCCCCCCCCCCC)OC(=O)CCCCCCCCC/C=C\CCCCCCCCCC. The van der Waals surface area contributed by atoms with Crippen molar-refractivity contribution in [3.8, 4) is 0 Å². The molecular formula is C66H112O6. The van der Waals surface area contributed by atoms with Gasteiger partial charge >= 0.3 is 17.9 Å². The molecule has 0 N–H and O–H groups in total. The van der Waals surface area contributed by atoms with E-state index in [1.54, 1.807) is 0 Å². The highest BCUT2D eigenvalue weighted by Gasteiger charge is 2.19. The fourth-order valence-electron chi connectivity index (χ4n) is 8.48. The number of unbranched alkanes of at least 4 members (excludes halogenated alkanes) is 33. The average Bonchev–Trinajstić information content (AvgIpc) is 3.38. The van der Waals surface area contributed by atoms with Crippen LogP contribution in [0.15, 0.2) is 97.2 Å². The molecule has 0 aliphatic rings. The van der Waals surface area contributed by atoms with Crippen molar-refractivity contribution in [1.29, 1.82) is 0 Å². The lowest BCUT2D eigenvalue weighted by Crippen LogP contribution is -2.30. The lowest BCUT2D eigenvalue weighted by molar-refractivity contribution is -0.167. The molecule has 6 heteroatoms. The number of allylic oxidation sites excluding steroid dienone is 16. The van der Waals surface area contributed by atoms with Gasteiger partial charge < -0.3 is 14.2 Å². The molecule has 412 valence electrons. The van der Waals surface area contributed by atoms with Gasteiger partial charge in [-0.15, -0.1) is 0 Å². The fraction of sp³-hybridized carbons (Fsp3) is 0.712. The minimum absolute atomic E-state index is 0.0923. The average molecular weight is 1000 g/mol. The van der Waals surface area contributed by atoms with Crippen LogP contribution in [0.5, 0.6) is 0 Å². The van der Waals surface area contributed by atoms with Crippen molar-refractivity contribution in [3.63, 3.8) is 0 Å². The van der Waals surface area contributed by atoms with Gasteiger partial charge in [-0.1, -0.05) is 298 Å². The lowest BCUT2D eigenvalue weighted by atomic mass is 10.0. The normalized spacial score (nSPS) is 12.8. The molecule has 0 aliphatic heterocycles. The molecule has 0 amide bonds. The van der Waals surface area contributed by atoms with Crippen LogP contribution in [-0.2, 0) is 28.6 Å². The number of ether oxygens (including phenoxy) is 3. The zero-order valence-electron chi connectivity index (χ0n) is 47.2. The van der Waals surface area contributed by atoms with E-state index in [4.69, 9.17) is 14.2 Å². The van der Waals surface area contributed by atoms with E-state index in [2.05, 4.69) is 51.2 Å². The molecule has 72 heavy (non-hydrogen) atoms. The first-order valence-corrected chi connectivity index (χ1v) is 30.3. The van der Waals surface area contributed by atoms with Crippen molar-refractivity contribution in [3.05, 3.63) is 97.2 Å². The van der Waals surface area contributed by atoms with Gasteiger partial charge in [0, 0.05) is 19.3 Å². The van der Waals surface area contributed by atoms with Gasteiger partial charge in [0.15, 0.2) is 6.10 Å². The smallest absolute Gasteiger partial charge is 0.306 e. The third kappa shape index (κ3) is 57.2. The van der Waals surface area contributed by atoms with E-state index in [1.165, 1.54) is 173 Å². The van der Waals surface area contributed by atoms with Crippen LogP contribution in [0.4, 0.5) is 0 Å². The highest BCUT2D eigenvalue weighted by atomic mass is 16.6. The molecule has 0 fully saturated rings. The third-order valence-electron chi connectivity index (χ3n) is 13.0. The number of carbonyl (C=O) groups is 3. The highest BCUT2D eigenvalue weighted by molar-refractivity contribution is 5.71. The largest absolute Gasteiger partial charge is 0.462 e. The Hall–Kier alpha value is -3.67. The molecule has 0 radical (unpaired) electrons. The maximum atomic E-state index is 12.9. The first-order valence-electron chi connectivity index (χ1n) is 30.3. The van der Waals surface area contributed by atoms with E-state index in [0.717, 1.165) is 70.6 Å². The quantitative estimate of drug-likeness (QED) is 0.0199. The van der Waals surface area contributed by atoms with Crippen molar-refractivity contribution < 1.29 is 28.6 Å². The van der Waals surface area contributed by atoms with E-state index >= 15 is 0 Å². The lowest BCUT2D eigenvalue weighted by Gasteiger charge is -2.18. The van der Waals surface area contributed by atoms with Gasteiger partial charge in [0.2, 0.25) is 0 Å².